The Morgan fingerprint density at radius 2 is 1.81 bits per heavy atom. The molecule has 1 aliphatic heterocycles. The number of carbonyl (C=O) groups excluding carboxylic acids is 1. The summed E-state index contributed by atoms with van der Waals surface area (Å²) in [5.74, 6) is 0.00301. The first-order valence-corrected chi connectivity index (χ1v) is 11.0. The van der Waals surface area contributed by atoms with Gasteiger partial charge in [0.15, 0.2) is 5.78 Å². The van der Waals surface area contributed by atoms with Crippen molar-refractivity contribution in [3.8, 4) is 11.3 Å². The number of aromatic amines is 2. The number of aromatic nitrogens is 4. The maximum absolute atomic E-state index is 12.7. The van der Waals surface area contributed by atoms with Crippen LogP contribution in [0.5, 0.6) is 0 Å². The summed E-state index contributed by atoms with van der Waals surface area (Å²) in [6, 6.07) is 12.8. The molecule has 0 unspecified atom stereocenters. The summed E-state index contributed by atoms with van der Waals surface area (Å²) < 4.78 is 0. The van der Waals surface area contributed by atoms with E-state index in [1.807, 2.05) is 19.9 Å². The van der Waals surface area contributed by atoms with Gasteiger partial charge >= 0.3 is 0 Å². The molecule has 1 fully saturated rings. The van der Waals surface area contributed by atoms with Crippen LogP contribution in [-0.2, 0) is 6.42 Å². The average molecular weight is 429 g/mol. The van der Waals surface area contributed by atoms with E-state index < -0.39 is 0 Å². The Morgan fingerprint density at radius 3 is 2.50 bits per heavy atom. The molecule has 5 rings (SSSR count). The average Bonchev–Trinajstić information content (AvgIpc) is 3.37. The number of piperazine rings is 1. The monoisotopic (exact) mass is 428 g/mol. The third kappa shape index (κ3) is 3.91. The van der Waals surface area contributed by atoms with Gasteiger partial charge in [0.25, 0.3) is 0 Å². The highest BCUT2D eigenvalue weighted by Crippen LogP contribution is 2.27. The van der Waals surface area contributed by atoms with Gasteiger partial charge in [0.2, 0.25) is 0 Å². The van der Waals surface area contributed by atoms with Crippen molar-refractivity contribution < 1.29 is 4.79 Å². The van der Waals surface area contributed by atoms with Crippen LogP contribution < -0.4 is 4.90 Å². The number of carbonyl (C=O) groups is 1. The highest BCUT2D eigenvalue weighted by atomic mass is 16.1. The lowest BCUT2D eigenvalue weighted by Gasteiger charge is -2.34. The lowest BCUT2D eigenvalue weighted by atomic mass is 10.0. The van der Waals surface area contributed by atoms with Crippen LogP contribution in [-0.4, -0.2) is 64.1 Å². The first-order chi connectivity index (χ1) is 15.5. The van der Waals surface area contributed by atoms with Crippen molar-refractivity contribution in [2.24, 2.45) is 0 Å². The van der Waals surface area contributed by atoms with E-state index in [0.29, 0.717) is 5.69 Å². The van der Waals surface area contributed by atoms with Crippen molar-refractivity contribution in [2.75, 3.05) is 38.1 Å². The molecule has 1 aliphatic rings. The Morgan fingerprint density at radius 1 is 1.06 bits per heavy atom. The summed E-state index contributed by atoms with van der Waals surface area (Å²) in [6.45, 7) is 8.15. The van der Waals surface area contributed by atoms with Crippen LogP contribution in [0, 0.1) is 13.8 Å². The second-order valence-corrected chi connectivity index (χ2v) is 8.72. The fraction of sp³-hybridized carbons (Fsp3) is 0.320. The number of nitrogens with one attached hydrogen (secondary N) is 2. The zero-order valence-corrected chi connectivity index (χ0v) is 18.8. The highest BCUT2D eigenvalue weighted by molar-refractivity contribution is 5.97. The Hall–Kier alpha value is -3.45. The molecule has 0 radical (unpaired) electrons. The van der Waals surface area contributed by atoms with Crippen molar-refractivity contribution in [3.63, 3.8) is 0 Å². The van der Waals surface area contributed by atoms with Gasteiger partial charge in [0.05, 0.1) is 0 Å². The molecular weight excluding hydrogens is 400 g/mol. The first kappa shape index (κ1) is 20.5. The smallest absolute Gasteiger partial charge is 0.187 e. The second kappa shape index (κ2) is 8.24. The third-order valence-electron chi connectivity index (χ3n) is 6.46. The Labute approximate surface area is 187 Å². The van der Waals surface area contributed by atoms with E-state index >= 15 is 0 Å². The largest absolute Gasteiger partial charge is 0.369 e. The molecule has 4 heterocycles. The van der Waals surface area contributed by atoms with Crippen LogP contribution in [0.1, 0.15) is 27.3 Å². The van der Waals surface area contributed by atoms with Gasteiger partial charge in [-0.3, -0.25) is 9.89 Å². The molecular formula is C25H28N6O. The summed E-state index contributed by atoms with van der Waals surface area (Å²) >= 11 is 0. The number of pyridine rings is 1. The minimum absolute atomic E-state index is 0.00301. The number of ketones is 1. The number of anilines is 1. The molecule has 0 amide bonds. The number of benzene rings is 1. The number of H-pyrrole nitrogens is 2. The molecule has 0 spiro atoms. The van der Waals surface area contributed by atoms with E-state index in [0.717, 1.165) is 65.3 Å². The van der Waals surface area contributed by atoms with E-state index in [-0.39, 0.29) is 12.2 Å². The van der Waals surface area contributed by atoms with Gasteiger partial charge in [0.1, 0.15) is 11.3 Å². The number of nitrogens with zero attached hydrogens (tertiary/aromatic N) is 4. The van der Waals surface area contributed by atoms with E-state index in [9.17, 15) is 4.79 Å². The molecule has 3 aromatic heterocycles. The second-order valence-electron chi connectivity index (χ2n) is 8.72. The molecule has 1 saturated heterocycles. The number of Topliss-reactive ketones (excluding diaryl/α,β-unsaturated/α-hetero) is 1. The molecule has 0 saturated carbocycles. The van der Waals surface area contributed by atoms with E-state index in [4.69, 9.17) is 0 Å². The zero-order chi connectivity index (χ0) is 22.2. The van der Waals surface area contributed by atoms with Crippen LogP contribution in [0.4, 0.5) is 5.69 Å². The summed E-state index contributed by atoms with van der Waals surface area (Å²) in [5.41, 5.74) is 7.48. The minimum Gasteiger partial charge on any atom is -0.369 e. The van der Waals surface area contributed by atoms with E-state index in [1.165, 1.54) is 5.69 Å². The summed E-state index contributed by atoms with van der Waals surface area (Å²) in [6.07, 6.45) is 2.06. The van der Waals surface area contributed by atoms with Gasteiger partial charge in [-0.15, -0.1) is 0 Å². The van der Waals surface area contributed by atoms with Crippen molar-refractivity contribution in [1.82, 2.24) is 25.1 Å². The fourth-order valence-corrected chi connectivity index (χ4v) is 4.26. The predicted octanol–water partition coefficient (Wildman–Crippen LogP) is 3.75. The Kier molecular flexibility index (Phi) is 5.27. The SMILES string of the molecule is Cc1[nH]nc(C(=O)Cc2cnc3[nH]c(-c4ccc(N5CCN(C)CC5)cc4)cc3c2)c1C. The van der Waals surface area contributed by atoms with Crippen LogP contribution in [0.3, 0.4) is 0 Å². The van der Waals surface area contributed by atoms with Gasteiger partial charge in [-0.1, -0.05) is 12.1 Å². The van der Waals surface area contributed by atoms with Crippen molar-refractivity contribution in [1.29, 1.82) is 0 Å². The number of likely N-dealkylation sites (N-methyl/N-ethyl adjacent to an activating group) is 1. The maximum Gasteiger partial charge on any atom is 0.187 e. The highest BCUT2D eigenvalue weighted by Gasteiger charge is 2.17. The first-order valence-electron chi connectivity index (χ1n) is 11.0. The molecule has 2 N–H and O–H groups in total. The molecule has 7 heteroatoms. The van der Waals surface area contributed by atoms with E-state index in [1.54, 1.807) is 6.20 Å². The number of aryl methyl sites for hydroxylation is 1. The van der Waals surface area contributed by atoms with E-state index in [2.05, 4.69) is 67.3 Å². The quantitative estimate of drug-likeness (QED) is 0.473. The van der Waals surface area contributed by atoms with Crippen molar-refractivity contribution in [2.45, 2.75) is 20.3 Å². The number of fused-ring (bicyclic) bond motifs is 1. The van der Waals surface area contributed by atoms with Crippen LogP contribution in [0.2, 0.25) is 0 Å². The number of rotatable bonds is 5. The van der Waals surface area contributed by atoms with Crippen LogP contribution in [0.15, 0.2) is 42.6 Å². The molecule has 164 valence electrons. The normalized spacial score (nSPS) is 14.9. The summed E-state index contributed by atoms with van der Waals surface area (Å²) in [5, 5.41) is 8.04. The molecule has 4 aromatic rings. The lowest BCUT2D eigenvalue weighted by Crippen LogP contribution is -2.44. The van der Waals surface area contributed by atoms with Crippen LogP contribution >= 0.6 is 0 Å². The van der Waals surface area contributed by atoms with Gasteiger partial charge in [-0.05, 0) is 56.3 Å². The molecule has 0 aliphatic carbocycles. The lowest BCUT2D eigenvalue weighted by molar-refractivity contribution is 0.0987. The topological polar surface area (TPSA) is 80.9 Å². The molecule has 7 nitrogen and oxygen atoms in total. The minimum atomic E-state index is 0.00301. The third-order valence-corrected chi connectivity index (χ3v) is 6.46. The zero-order valence-electron chi connectivity index (χ0n) is 18.8. The van der Waals surface area contributed by atoms with Gasteiger partial charge in [-0.25, -0.2) is 4.98 Å². The Balaban J connectivity index is 1.33. The van der Waals surface area contributed by atoms with Crippen molar-refractivity contribution >= 4 is 22.5 Å². The van der Waals surface area contributed by atoms with Gasteiger partial charge in [-0.2, -0.15) is 5.10 Å². The van der Waals surface area contributed by atoms with Crippen molar-refractivity contribution in [3.05, 3.63) is 65.1 Å². The van der Waals surface area contributed by atoms with Gasteiger partial charge < -0.3 is 14.8 Å². The number of hydrogen-bond acceptors (Lipinski definition) is 5. The molecule has 0 bridgehead atoms. The summed E-state index contributed by atoms with van der Waals surface area (Å²) in [4.78, 5) is 25.4. The van der Waals surface area contributed by atoms with Crippen LogP contribution in [0.25, 0.3) is 22.3 Å². The predicted molar refractivity (Wildman–Crippen MR) is 127 cm³/mol. The number of hydrogen-bond donors (Lipinski definition) is 2. The van der Waals surface area contributed by atoms with Gasteiger partial charge in [0, 0.05) is 66.8 Å². The standard InChI is InChI=1S/C25H28N6O/c1-16-17(2)28-29-24(16)23(32)13-18-12-20-14-22(27-25(20)26-15-18)19-4-6-21(7-5-19)31-10-8-30(3)9-11-31/h4-7,12,14-15H,8-11,13H2,1-3H3,(H,26,27)(H,28,29). The fourth-order valence-electron chi connectivity index (χ4n) is 4.26. The summed E-state index contributed by atoms with van der Waals surface area (Å²) in [7, 11) is 2.17. The maximum atomic E-state index is 12.7. The molecule has 0 atom stereocenters. The molecule has 32 heavy (non-hydrogen) atoms. The molecule has 1 aromatic carbocycles. The Bertz CT molecular complexity index is 1260.